The van der Waals surface area contributed by atoms with E-state index >= 15 is 0 Å². The van der Waals surface area contributed by atoms with Gasteiger partial charge in [-0.05, 0) is 98.1 Å². The van der Waals surface area contributed by atoms with E-state index < -0.39 is 51.2 Å². The molecule has 18 nitrogen and oxygen atoms in total. The van der Waals surface area contributed by atoms with Gasteiger partial charge in [-0.3, -0.25) is 0 Å². The molecule has 0 radical (unpaired) electrons. The Labute approximate surface area is 391 Å². The summed E-state index contributed by atoms with van der Waals surface area (Å²) in [4.78, 5) is 114. The van der Waals surface area contributed by atoms with Crippen LogP contribution in [0, 0.1) is 0 Å². The monoisotopic (exact) mass is 983 g/mol. The van der Waals surface area contributed by atoms with E-state index in [9.17, 15) is 43.2 Å². The highest BCUT2D eigenvalue weighted by Gasteiger charge is 2.18. The van der Waals surface area contributed by atoms with Gasteiger partial charge in [0.25, 0.3) is 0 Å². The molecule has 0 saturated carbocycles. The van der Waals surface area contributed by atoms with Gasteiger partial charge in [0.15, 0.2) is 0 Å². The predicted molar refractivity (Wildman–Crippen MR) is 266 cm³/mol. The van der Waals surface area contributed by atoms with E-state index in [1.807, 2.05) is 13.8 Å². The quantitative estimate of drug-likeness (QED) is 0.0499. The summed E-state index contributed by atoms with van der Waals surface area (Å²) in [6.07, 6.45) is 6.93. The molecule has 0 fully saturated rings. The number of rotatable bonds is 29. The first-order chi connectivity index (χ1) is 29.8. The molecule has 0 N–H and O–H groups in total. The van der Waals surface area contributed by atoms with Crippen LogP contribution in [0.4, 0.5) is 0 Å². The van der Waals surface area contributed by atoms with Crippen LogP contribution >= 0.6 is 74.9 Å². The first-order valence-corrected chi connectivity index (χ1v) is 25.6. The highest BCUT2D eigenvalue weighted by atomic mass is 32.2. The van der Waals surface area contributed by atoms with Gasteiger partial charge in [0.1, 0.15) is 0 Å². The van der Waals surface area contributed by atoms with Crippen LogP contribution in [0.15, 0.2) is 43.2 Å². The zero-order valence-electron chi connectivity index (χ0n) is 35.9. The van der Waals surface area contributed by atoms with Crippen molar-refractivity contribution < 1.29 is 0 Å². The molecule has 3 aromatic rings. The average Bonchev–Trinajstić information content (AvgIpc) is 3.25. The molecule has 3 rings (SSSR count). The molecule has 0 bridgehead atoms. The number of unbranched alkanes of at least 4 members (excludes halogenated alkanes) is 2. The molecule has 352 valence electrons. The Morgan fingerprint density at radius 1 is 0.290 bits per heavy atom. The fraction of sp³-hybridized carbons (Fsp3) is 0.763. The van der Waals surface area contributed by atoms with Gasteiger partial charge in [0.05, 0.1) is 0 Å². The van der Waals surface area contributed by atoms with Gasteiger partial charge in [-0.15, -0.1) is 0 Å². The second-order valence-corrected chi connectivity index (χ2v) is 17.8. The largest absolute Gasteiger partial charge is 0.336 e. The topological polar surface area (TPSA) is 198 Å². The van der Waals surface area contributed by atoms with Gasteiger partial charge in [-0.1, -0.05) is 26.7 Å². The van der Waals surface area contributed by atoms with Crippen molar-refractivity contribution in [3.8, 4) is 0 Å². The first kappa shape index (κ1) is 55.5. The molecular weight excluding hydrogens is 919 g/mol. The minimum Gasteiger partial charge on any atom is -0.247 e. The minimum atomic E-state index is -0.610. The van der Waals surface area contributed by atoms with Crippen molar-refractivity contribution in [1.82, 2.24) is 41.1 Å². The molecule has 3 heterocycles. The lowest BCUT2D eigenvalue weighted by atomic mass is 10.3. The summed E-state index contributed by atoms with van der Waals surface area (Å²) >= 11 is 22.3. The van der Waals surface area contributed by atoms with Crippen LogP contribution in [0.3, 0.4) is 0 Å². The number of hydrogen-bond acceptors (Lipinski definition) is 15. The number of thiol groups is 5. The number of thioether (sulfide) groups is 1. The smallest absolute Gasteiger partial charge is 0.247 e. The SMILES string of the molecule is CCCCn1c(=O)n(CCCS)c(=O)n(CCCS)c1=O.CCCCn1c(=O)n(CCCS)c(=O)n(CCCSCCCn2c(=O)n(CCCS)c(=O)n(CCCS)c2=O)c1=O. The van der Waals surface area contributed by atoms with E-state index in [2.05, 4.69) is 63.1 Å². The summed E-state index contributed by atoms with van der Waals surface area (Å²) < 4.78 is 10.2. The van der Waals surface area contributed by atoms with Gasteiger partial charge in [-0.25, -0.2) is 84.3 Å². The summed E-state index contributed by atoms with van der Waals surface area (Å²) in [5.41, 5.74) is -5.12. The molecule has 0 aliphatic rings. The highest BCUT2D eigenvalue weighted by molar-refractivity contribution is 7.99. The molecule has 0 aliphatic carbocycles. The van der Waals surface area contributed by atoms with Crippen molar-refractivity contribution in [3.05, 3.63) is 94.4 Å². The van der Waals surface area contributed by atoms with Crippen LogP contribution in [0.2, 0.25) is 0 Å². The van der Waals surface area contributed by atoms with Crippen LogP contribution in [0.5, 0.6) is 0 Å². The third-order valence-corrected chi connectivity index (χ3v) is 12.4. The van der Waals surface area contributed by atoms with Crippen molar-refractivity contribution in [2.75, 3.05) is 40.3 Å². The van der Waals surface area contributed by atoms with Gasteiger partial charge in [-0.2, -0.15) is 74.9 Å². The van der Waals surface area contributed by atoms with Crippen LogP contribution in [0.25, 0.3) is 0 Å². The van der Waals surface area contributed by atoms with Crippen molar-refractivity contribution in [2.45, 2.75) is 143 Å². The normalized spacial score (nSPS) is 11.3. The van der Waals surface area contributed by atoms with Crippen LogP contribution in [-0.2, 0) is 58.9 Å². The molecule has 24 heteroatoms. The maximum atomic E-state index is 12.9. The van der Waals surface area contributed by atoms with E-state index in [1.54, 1.807) is 11.8 Å². The number of hydrogen-bond donors (Lipinski definition) is 5. The molecule has 0 unspecified atom stereocenters. The summed E-state index contributed by atoms with van der Waals surface area (Å²) in [6.45, 7) is 6.08. The zero-order chi connectivity index (χ0) is 46.2. The van der Waals surface area contributed by atoms with Crippen molar-refractivity contribution >= 4 is 74.9 Å². The Kier molecular flexibility index (Phi) is 27.3. The highest BCUT2D eigenvalue weighted by Crippen LogP contribution is 2.06. The van der Waals surface area contributed by atoms with Gasteiger partial charge >= 0.3 is 51.2 Å². The van der Waals surface area contributed by atoms with E-state index in [4.69, 9.17) is 0 Å². The Morgan fingerprint density at radius 3 is 0.613 bits per heavy atom. The Hall–Kier alpha value is -2.67. The second-order valence-electron chi connectivity index (χ2n) is 14.3. The minimum absolute atomic E-state index is 0.171. The van der Waals surface area contributed by atoms with Crippen LogP contribution < -0.4 is 51.2 Å². The van der Waals surface area contributed by atoms with Gasteiger partial charge in [0, 0.05) is 58.9 Å². The predicted octanol–water partition coefficient (Wildman–Crippen LogP) is 1.24. The van der Waals surface area contributed by atoms with E-state index in [1.165, 1.54) is 4.57 Å². The van der Waals surface area contributed by atoms with Gasteiger partial charge in [0.2, 0.25) is 0 Å². The molecule has 0 atom stereocenters. The lowest BCUT2D eigenvalue weighted by Crippen LogP contribution is -2.54. The lowest BCUT2D eigenvalue weighted by Gasteiger charge is -2.14. The summed E-state index contributed by atoms with van der Waals surface area (Å²) in [5.74, 6) is 3.96. The fourth-order valence-electron chi connectivity index (χ4n) is 6.30. The molecule has 0 aromatic carbocycles. The molecule has 0 spiro atoms. The first-order valence-electron chi connectivity index (χ1n) is 21.3. The maximum absolute atomic E-state index is 12.9. The Balaban J connectivity index is 0.000000528. The van der Waals surface area contributed by atoms with Crippen LogP contribution in [-0.4, -0.2) is 81.4 Å². The van der Waals surface area contributed by atoms with Gasteiger partial charge < -0.3 is 0 Å². The summed E-state index contributed by atoms with van der Waals surface area (Å²) in [6, 6.07) is 0. The zero-order valence-corrected chi connectivity index (χ0v) is 41.2. The molecule has 0 amide bonds. The molecule has 62 heavy (non-hydrogen) atoms. The third-order valence-electron chi connectivity index (χ3n) is 9.67. The fourth-order valence-corrected chi connectivity index (χ4v) is 7.88. The Bertz CT molecular complexity index is 2080. The molecular formula is C38H65N9O9S6. The van der Waals surface area contributed by atoms with E-state index in [-0.39, 0.29) is 52.4 Å². The summed E-state index contributed by atoms with van der Waals surface area (Å²) in [7, 11) is 0. The third kappa shape index (κ3) is 15.8. The van der Waals surface area contributed by atoms with Crippen molar-refractivity contribution in [3.63, 3.8) is 0 Å². The van der Waals surface area contributed by atoms with E-state index in [0.717, 1.165) is 55.8 Å². The molecule has 3 aromatic heterocycles. The lowest BCUT2D eigenvalue weighted by molar-refractivity contribution is 0.434. The summed E-state index contributed by atoms with van der Waals surface area (Å²) in [5, 5.41) is 0. The number of aromatic nitrogens is 9. The second kappa shape index (κ2) is 30.5. The van der Waals surface area contributed by atoms with Crippen molar-refractivity contribution in [1.29, 1.82) is 0 Å². The maximum Gasteiger partial charge on any atom is 0.336 e. The van der Waals surface area contributed by atoms with E-state index in [0.29, 0.717) is 98.2 Å². The standard InChI is InChI=1S/C25H42N6O6S4.C13H23N3O3S2/c1-2-3-9-26-20(32)27(10-4-15-38)23(35)30(21(26)33)13-7-18-41-19-8-14-31-24(36)28(11-5-16-39)22(34)29(25(31)37)12-6-17-40;1-2-3-6-14-11(17)15(7-4-9-20)13(19)16(12(14)18)8-5-10-21/h38-40H,2-19H2,1H3;20-21H,2-10H2,1H3. The van der Waals surface area contributed by atoms with Crippen LogP contribution in [0.1, 0.15) is 84.5 Å². The average molecular weight is 984 g/mol. The van der Waals surface area contributed by atoms with Crippen molar-refractivity contribution in [2.24, 2.45) is 0 Å². The molecule has 0 aliphatic heterocycles. The molecule has 0 saturated heterocycles. The number of nitrogens with zero attached hydrogens (tertiary/aromatic N) is 9. The Morgan fingerprint density at radius 2 is 0.452 bits per heavy atom.